The molecule has 0 aromatic heterocycles. The van der Waals surface area contributed by atoms with Crippen molar-refractivity contribution in [3.05, 3.63) is 59.5 Å². The Balaban J connectivity index is 1.89. The Bertz CT molecular complexity index is 860. The number of primary amides is 1. The van der Waals surface area contributed by atoms with E-state index in [0.29, 0.717) is 22.5 Å². The zero-order valence-electron chi connectivity index (χ0n) is 12.9. The number of hydrazine groups is 1. The first-order valence-corrected chi connectivity index (χ1v) is 7.80. The van der Waals surface area contributed by atoms with Gasteiger partial charge in [-0.15, -0.1) is 0 Å². The monoisotopic (exact) mass is 324 g/mol. The van der Waals surface area contributed by atoms with E-state index < -0.39 is 5.91 Å². The van der Waals surface area contributed by atoms with Crippen LogP contribution >= 0.6 is 0 Å². The first-order valence-electron chi connectivity index (χ1n) is 7.80. The van der Waals surface area contributed by atoms with Gasteiger partial charge in [0.15, 0.2) is 0 Å². The molecule has 2 aromatic carbocycles. The molecule has 24 heavy (non-hydrogen) atoms. The number of benzene rings is 2. The van der Waals surface area contributed by atoms with E-state index >= 15 is 0 Å². The molecular weight excluding hydrogens is 307 g/mol. The van der Waals surface area contributed by atoms with Crippen molar-refractivity contribution < 1.29 is 9.18 Å². The first-order chi connectivity index (χ1) is 11.6. The van der Waals surface area contributed by atoms with E-state index in [1.54, 1.807) is 24.3 Å². The van der Waals surface area contributed by atoms with Gasteiger partial charge in [0.25, 0.3) is 0 Å². The molecule has 1 heterocycles. The molecule has 1 saturated carbocycles. The number of anilines is 3. The Morgan fingerprint density at radius 2 is 2.00 bits per heavy atom. The van der Waals surface area contributed by atoms with Gasteiger partial charge in [0.05, 0.1) is 23.1 Å². The molecule has 4 rings (SSSR count). The van der Waals surface area contributed by atoms with Crippen LogP contribution < -0.4 is 21.5 Å². The lowest BCUT2D eigenvalue weighted by molar-refractivity contribution is 0.1000. The number of fused-ring (bicyclic) bond motifs is 1. The number of carbonyl (C=O) groups is 1. The van der Waals surface area contributed by atoms with Crippen molar-refractivity contribution in [2.24, 2.45) is 5.73 Å². The summed E-state index contributed by atoms with van der Waals surface area (Å²) in [7, 11) is 0. The highest BCUT2D eigenvalue weighted by Crippen LogP contribution is 2.44. The third-order valence-corrected chi connectivity index (χ3v) is 4.32. The molecule has 1 amide bonds. The molecule has 1 fully saturated rings. The summed E-state index contributed by atoms with van der Waals surface area (Å²) < 4.78 is 13.7. The lowest BCUT2D eigenvalue weighted by atomic mass is 10.0. The number of nitrogens with zero attached hydrogens (tertiary/aromatic N) is 2. The smallest absolute Gasteiger partial charge is 0.249 e. The van der Waals surface area contributed by atoms with Gasteiger partial charge < -0.3 is 11.5 Å². The topological polar surface area (TPSA) is 75.6 Å². The van der Waals surface area contributed by atoms with Crippen LogP contribution in [0.5, 0.6) is 0 Å². The van der Waals surface area contributed by atoms with Crippen LogP contribution in [0.1, 0.15) is 28.8 Å². The predicted octanol–water partition coefficient (Wildman–Crippen LogP) is 2.88. The average molecular weight is 324 g/mol. The highest BCUT2D eigenvalue weighted by Gasteiger charge is 2.37. The maximum absolute atomic E-state index is 13.7. The summed E-state index contributed by atoms with van der Waals surface area (Å²) in [5.41, 5.74) is 14.9. The van der Waals surface area contributed by atoms with E-state index in [-0.39, 0.29) is 11.9 Å². The van der Waals surface area contributed by atoms with Crippen molar-refractivity contribution in [2.45, 2.75) is 18.9 Å². The molecule has 2 aliphatic rings. The van der Waals surface area contributed by atoms with Crippen LogP contribution in [0.15, 0.2) is 42.6 Å². The lowest BCUT2D eigenvalue weighted by Gasteiger charge is -2.40. The van der Waals surface area contributed by atoms with Crippen molar-refractivity contribution in [2.75, 3.05) is 15.8 Å². The number of amides is 1. The normalized spacial score (nSPS) is 16.2. The van der Waals surface area contributed by atoms with Gasteiger partial charge >= 0.3 is 0 Å². The molecule has 0 bridgehead atoms. The lowest BCUT2D eigenvalue weighted by Crippen LogP contribution is -2.44. The van der Waals surface area contributed by atoms with E-state index in [1.807, 2.05) is 22.3 Å². The number of hydrogen-bond donors (Lipinski definition) is 2. The fourth-order valence-electron chi connectivity index (χ4n) is 3.10. The van der Waals surface area contributed by atoms with Crippen LogP contribution in [-0.2, 0) is 0 Å². The van der Waals surface area contributed by atoms with Gasteiger partial charge in [-0.05, 0) is 49.2 Å². The summed E-state index contributed by atoms with van der Waals surface area (Å²) in [4.78, 5) is 11.7. The summed E-state index contributed by atoms with van der Waals surface area (Å²) >= 11 is 0. The van der Waals surface area contributed by atoms with E-state index in [9.17, 15) is 9.18 Å². The molecule has 4 N–H and O–H groups in total. The molecule has 0 saturated heterocycles. The highest BCUT2D eigenvalue weighted by molar-refractivity contribution is 6.02. The fourth-order valence-corrected chi connectivity index (χ4v) is 3.10. The van der Waals surface area contributed by atoms with Crippen molar-refractivity contribution in [3.63, 3.8) is 0 Å². The number of halogens is 1. The van der Waals surface area contributed by atoms with Gasteiger partial charge in [-0.2, -0.15) is 0 Å². The third kappa shape index (κ3) is 2.27. The quantitative estimate of drug-likeness (QED) is 0.851. The maximum atomic E-state index is 13.7. The van der Waals surface area contributed by atoms with Gasteiger partial charge in [0, 0.05) is 17.3 Å². The van der Waals surface area contributed by atoms with Crippen LogP contribution in [0.4, 0.5) is 21.5 Å². The molecule has 0 unspecified atom stereocenters. The number of rotatable bonds is 3. The molecular formula is C18H17FN4O. The standard InChI is InChI=1S/C18H17FN4O/c19-11-2-1-3-13(10-11)22-9-8-14-15(18(21)24)6-7-16(20)17(14)23(22)12-4-5-12/h1-3,6-10,12H,4-5,20H2,(H2,21,24). The zero-order valence-corrected chi connectivity index (χ0v) is 12.9. The minimum atomic E-state index is -0.495. The fraction of sp³-hybridized carbons (Fsp3) is 0.167. The molecule has 1 aliphatic carbocycles. The Hall–Kier alpha value is -3.02. The van der Waals surface area contributed by atoms with Crippen molar-refractivity contribution in [1.29, 1.82) is 0 Å². The SMILES string of the molecule is NC(=O)c1ccc(N)c2c1C=CN(c1cccc(F)c1)N2C1CC1. The van der Waals surface area contributed by atoms with Crippen LogP contribution in [0, 0.1) is 5.82 Å². The number of hydrogen-bond acceptors (Lipinski definition) is 4. The van der Waals surface area contributed by atoms with Crippen LogP contribution in [-0.4, -0.2) is 11.9 Å². The predicted molar refractivity (Wildman–Crippen MR) is 92.8 cm³/mol. The largest absolute Gasteiger partial charge is 0.397 e. The molecule has 1 aliphatic heterocycles. The van der Waals surface area contributed by atoms with Gasteiger partial charge in [0.2, 0.25) is 5.91 Å². The molecule has 122 valence electrons. The summed E-state index contributed by atoms with van der Waals surface area (Å²) in [5, 5.41) is 3.91. The summed E-state index contributed by atoms with van der Waals surface area (Å²) in [6.07, 6.45) is 5.65. The highest BCUT2D eigenvalue weighted by atomic mass is 19.1. The minimum absolute atomic E-state index is 0.266. The maximum Gasteiger partial charge on any atom is 0.249 e. The Labute approximate surface area is 138 Å². The van der Waals surface area contributed by atoms with Gasteiger partial charge in [-0.3, -0.25) is 14.8 Å². The van der Waals surface area contributed by atoms with Crippen molar-refractivity contribution in [3.8, 4) is 0 Å². The van der Waals surface area contributed by atoms with E-state index in [4.69, 9.17) is 11.5 Å². The summed E-state index contributed by atoms with van der Waals surface area (Å²) in [5.74, 6) is -0.799. The molecule has 0 radical (unpaired) electrons. The molecule has 6 heteroatoms. The van der Waals surface area contributed by atoms with E-state index in [0.717, 1.165) is 18.5 Å². The van der Waals surface area contributed by atoms with Gasteiger partial charge in [0.1, 0.15) is 5.82 Å². The number of nitrogen functional groups attached to an aromatic ring is 1. The number of nitrogens with two attached hydrogens (primary N) is 2. The number of carbonyl (C=O) groups excluding carboxylic acids is 1. The average Bonchev–Trinajstić information content (AvgIpc) is 3.38. The molecule has 2 aromatic rings. The van der Waals surface area contributed by atoms with Crippen LogP contribution in [0.3, 0.4) is 0 Å². The minimum Gasteiger partial charge on any atom is -0.397 e. The van der Waals surface area contributed by atoms with E-state index in [2.05, 4.69) is 0 Å². The second-order valence-electron chi connectivity index (χ2n) is 6.04. The molecule has 0 spiro atoms. The summed E-state index contributed by atoms with van der Waals surface area (Å²) in [6, 6.07) is 9.98. The van der Waals surface area contributed by atoms with Crippen molar-refractivity contribution >= 4 is 29.0 Å². The molecule has 0 atom stereocenters. The van der Waals surface area contributed by atoms with Gasteiger partial charge in [-0.25, -0.2) is 4.39 Å². The second-order valence-corrected chi connectivity index (χ2v) is 6.04. The van der Waals surface area contributed by atoms with Gasteiger partial charge in [-0.1, -0.05) is 6.07 Å². The van der Waals surface area contributed by atoms with Crippen LogP contribution in [0.2, 0.25) is 0 Å². The zero-order chi connectivity index (χ0) is 16.8. The van der Waals surface area contributed by atoms with Crippen molar-refractivity contribution in [1.82, 2.24) is 0 Å². The van der Waals surface area contributed by atoms with E-state index in [1.165, 1.54) is 12.1 Å². The Morgan fingerprint density at radius 3 is 2.67 bits per heavy atom. The Kier molecular flexibility index (Phi) is 3.19. The Morgan fingerprint density at radius 1 is 1.21 bits per heavy atom. The third-order valence-electron chi connectivity index (χ3n) is 4.32. The molecule has 5 nitrogen and oxygen atoms in total. The second kappa shape index (κ2) is 5.26. The van der Waals surface area contributed by atoms with Crippen LogP contribution in [0.25, 0.3) is 6.08 Å². The summed E-state index contributed by atoms with van der Waals surface area (Å²) in [6.45, 7) is 0. The first kappa shape index (κ1) is 14.6.